The number of nitrogens with zero attached hydrogens (tertiary/aromatic N) is 3. The molecule has 0 bridgehead atoms. The second-order valence-corrected chi connectivity index (χ2v) is 6.49. The third-order valence-electron chi connectivity index (χ3n) is 3.52. The molecule has 0 spiro atoms. The summed E-state index contributed by atoms with van der Waals surface area (Å²) >= 11 is 3.50. The van der Waals surface area contributed by atoms with Gasteiger partial charge in [-0.2, -0.15) is 10.1 Å². The van der Waals surface area contributed by atoms with Crippen molar-refractivity contribution in [1.82, 2.24) is 15.2 Å². The van der Waals surface area contributed by atoms with Gasteiger partial charge < -0.3 is 10.6 Å². The average molecular weight is 384 g/mol. The maximum atomic E-state index is 4.49. The van der Waals surface area contributed by atoms with Crippen molar-refractivity contribution in [1.29, 1.82) is 0 Å². The van der Waals surface area contributed by atoms with Gasteiger partial charge in [-0.05, 0) is 45.6 Å². The fourth-order valence-electron chi connectivity index (χ4n) is 2.35. The molecule has 2 N–H and O–H groups in total. The van der Waals surface area contributed by atoms with Gasteiger partial charge in [-0.15, -0.1) is 5.10 Å². The first-order valence-electron chi connectivity index (χ1n) is 7.70. The minimum atomic E-state index is 0.418. The van der Waals surface area contributed by atoms with Crippen molar-refractivity contribution in [3.63, 3.8) is 0 Å². The predicted molar refractivity (Wildman–Crippen MR) is 101 cm³/mol. The first-order chi connectivity index (χ1) is 11.6. The summed E-state index contributed by atoms with van der Waals surface area (Å²) in [7, 11) is 0. The fraction of sp³-hybridized carbons (Fsp3) is 0.167. The maximum Gasteiger partial charge on any atom is 0.249 e. The SMILES string of the molecule is CC(C)c1ccccc1Nc1cnnc(Nc2ccccc2Br)n1. The van der Waals surface area contributed by atoms with Crippen LogP contribution in [0.4, 0.5) is 23.1 Å². The van der Waals surface area contributed by atoms with Crippen molar-refractivity contribution in [2.75, 3.05) is 10.6 Å². The molecule has 0 radical (unpaired) electrons. The molecule has 2 aromatic carbocycles. The van der Waals surface area contributed by atoms with E-state index in [4.69, 9.17) is 0 Å². The normalized spacial score (nSPS) is 10.7. The van der Waals surface area contributed by atoms with Crippen LogP contribution < -0.4 is 10.6 Å². The van der Waals surface area contributed by atoms with Crippen molar-refractivity contribution < 1.29 is 0 Å². The van der Waals surface area contributed by atoms with Crippen LogP contribution in [0.3, 0.4) is 0 Å². The molecule has 0 fully saturated rings. The molecule has 1 aromatic heterocycles. The minimum absolute atomic E-state index is 0.418. The molecule has 1 heterocycles. The first kappa shape index (κ1) is 16.4. The summed E-state index contributed by atoms with van der Waals surface area (Å²) in [5.74, 6) is 1.50. The van der Waals surface area contributed by atoms with E-state index in [2.05, 4.69) is 61.7 Å². The zero-order chi connectivity index (χ0) is 16.9. The quantitative estimate of drug-likeness (QED) is 0.630. The van der Waals surface area contributed by atoms with E-state index in [9.17, 15) is 0 Å². The lowest BCUT2D eigenvalue weighted by Crippen LogP contribution is -2.04. The van der Waals surface area contributed by atoms with Gasteiger partial charge in [0.2, 0.25) is 5.95 Å². The van der Waals surface area contributed by atoms with Gasteiger partial charge in [0.05, 0.1) is 11.9 Å². The van der Waals surface area contributed by atoms with Crippen molar-refractivity contribution >= 4 is 39.1 Å². The topological polar surface area (TPSA) is 62.7 Å². The second kappa shape index (κ2) is 7.40. The standard InChI is InChI=1S/C18H18BrN5/c1-12(2)13-7-3-5-9-15(13)21-17-11-20-24-18(23-17)22-16-10-6-4-8-14(16)19/h3-12H,1-2H3,(H2,21,22,23,24). The highest BCUT2D eigenvalue weighted by atomic mass is 79.9. The Labute approximate surface area is 149 Å². The number of nitrogens with one attached hydrogen (secondary N) is 2. The van der Waals surface area contributed by atoms with Gasteiger partial charge in [-0.3, -0.25) is 0 Å². The van der Waals surface area contributed by atoms with E-state index in [1.165, 1.54) is 5.56 Å². The molecule has 0 aliphatic rings. The first-order valence-corrected chi connectivity index (χ1v) is 8.50. The van der Waals surface area contributed by atoms with Gasteiger partial charge in [-0.1, -0.05) is 44.2 Å². The zero-order valence-electron chi connectivity index (χ0n) is 13.5. The van der Waals surface area contributed by atoms with Crippen LogP contribution in [0, 0.1) is 0 Å². The molecule has 3 rings (SSSR count). The summed E-state index contributed by atoms with van der Waals surface area (Å²) in [4.78, 5) is 4.49. The van der Waals surface area contributed by atoms with Gasteiger partial charge >= 0.3 is 0 Å². The molecule has 6 heteroatoms. The molecule has 0 atom stereocenters. The van der Waals surface area contributed by atoms with E-state index in [0.717, 1.165) is 15.8 Å². The van der Waals surface area contributed by atoms with Crippen LogP contribution in [0.1, 0.15) is 25.3 Å². The molecule has 0 saturated carbocycles. The monoisotopic (exact) mass is 383 g/mol. The van der Waals surface area contributed by atoms with Crippen LogP contribution in [0.25, 0.3) is 0 Å². The Bertz CT molecular complexity index is 835. The number of anilines is 4. The zero-order valence-corrected chi connectivity index (χ0v) is 15.1. The minimum Gasteiger partial charge on any atom is -0.339 e. The van der Waals surface area contributed by atoms with Crippen LogP contribution >= 0.6 is 15.9 Å². The van der Waals surface area contributed by atoms with Crippen molar-refractivity contribution in [3.8, 4) is 0 Å². The Morgan fingerprint density at radius 2 is 1.62 bits per heavy atom. The van der Waals surface area contributed by atoms with Gasteiger partial charge in [0, 0.05) is 10.2 Å². The summed E-state index contributed by atoms with van der Waals surface area (Å²) in [5.41, 5.74) is 3.15. The van der Waals surface area contributed by atoms with E-state index in [-0.39, 0.29) is 0 Å². The molecule has 0 amide bonds. The van der Waals surface area contributed by atoms with E-state index >= 15 is 0 Å². The number of halogens is 1. The summed E-state index contributed by atoms with van der Waals surface area (Å²) in [6.45, 7) is 4.33. The highest BCUT2D eigenvalue weighted by molar-refractivity contribution is 9.10. The fourth-order valence-corrected chi connectivity index (χ4v) is 2.74. The predicted octanol–water partition coefficient (Wildman–Crippen LogP) is 5.24. The van der Waals surface area contributed by atoms with Gasteiger partial charge in [0.1, 0.15) is 0 Å². The third-order valence-corrected chi connectivity index (χ3v) is 4.22. The van der Waals surface area contributed by atoms with E-state index < -0.39 is 0 Å². The van der Waals surface area contributed by atoms with Crippen molar-refractivity contribution in [2.45, 2.75) is 19.8 Å². The smallest absolute Gasteiger partial charge is 0.249 e. The molecule has 5 nitrogen and oxygen atoms in total. The highest BCUT2D eigenvalue weighted by Gasteiger charge is 2.08. The van der Waals surface area contributed by atoms with E-state index in [1.54, 1.807) is 6.20 Å². The number of hydrogen-bond donors (Lipinski definition) is 2. The van der Waals surface area contributed by atoms with E-state index in [0.29, 0.717) is 17.7 Å². The Balaban J connectivity index is 1.83. The molecular formula is C18H18BrN5. The lowest BCUT2D eigenvalue weighted by atomic mass is 10.0. The molecule has 122 valence electrons. The summed E-state index contributed by atoms with van der Waals surface area (Å²) in [6.07, 6.45) is 1.61. The Morgan fingerprint density at radius 1 is 0.917 bits per heavy atom. The number of hydrogen-bond acceptors (Lipinski definition) is 5. The molecule has 0 saturated heterocycles. The number of benzene rings is 2. The highest BCUT2D eigenvalue weighted by Crippen LogP contribution is 2.27. The molecule has 0 unspecified atom stereocenters. The van der Waals surface area contributed by atoms with Crippen LogP contribution in [-0.2, 0) is 0 Å². The van der Waals surface area contributed by atoms with Crippen molar-refractivity contribution in [3.05, 3.63) is 64.8 Å². The Hall–Kier alpha value is -2.47. The number of para-hydroxylation sites is 2. The van der Waals surface area contributed by atoms with Crippen LogP contribution in [0.15, 0.2) is 59.2 Å². The van der Waals surface area contributed by atoms with Crippen LogP contribution in [0.5, 0.6) is 0 Å². The van der Waals surface area contributed by atoms with Crippen LogP contribution in [0.2, 0.25) is 0 Å². The Morgan fingerprint density at radius 3 is 2.38 bits per heavy atom. The molecular weight excluding hydrogens is 366 g/mol. The van der Waals surface area contributed by atoms with Gasteiger partial charge in [-0.25, -0.2) is 0 Å². The lowest BCUT2D eigenvalue weighted by Gasteiger charge is -2.14. The molecule has 0 aliphatic carbocycles. The summed E-state index contributed by atoms with van der Waals surface area (Å²) < 4.78 is 0.942. The number of rotatable bonds is 5. The molecule has 24 heavy (non-hydrogen) atoms. The largest absolute Gasteiger partial charge is 0.339 e. The van der Waals surface area contributed by atoms with Gasteiger partial charge in [0.15, 0.2) is 5.82 Å². The Kier molecular flexibility index (Phi) is 5.05. The second-order valence-electron chi connectivity index (χ2n) is 5.64. The van der Waals surface area contributed by atoms with Crippen molar-refractivity contribution in [2.24, 2.45) is 0 Å². The summed E-state index contributed by atoms with van der Waals surface area (Å²) in [5, 5.41) is 14.6. The maximum absolute atomic E-state index is 4.49. The number of aromatic nitrogens is 3. The lowest BCUT2D eigenvalue weighted by molar-refractivity contribution is 0.868. The molecule has 0 aliphatic heterocycles. The average Bonchev–Trinajstić information content (AvgIpc) is 2.58. The van der Waals surface area contributed by atoms with Gasteiger partial charge in [0.25, 0.3) is 0 Å². The van der Waals surface area contributed by atoms with E-state index in [1.807, 2.05) is 42.5 Å². The molecule has 3 aromatic rings. The van der Waals surface area contributed by atoms with Crippen LogP contribution in [-0.4, -0.2) is 15.2 Å². The summed E-state index contributed by atoms with van der Waals surface area (Å²) in [6, 6.07) is 16.0. The third kappa shape index (κ3) is 3.89.